The van der Waals surface area contributed by atoms with Crippen LogP contribution in [0.1, 0.15) is 29.6 Å². The third-order valence-corrected chi connectivity index (χ3v) is 4.48. The van der Waals surface area contributed by atoms with Crippen molar-refractivity contribution in [2.75, 3.05) is 7.11 Å². The van der Waals surface area contributed by atoms with Gasteiger partial charge in [-0.1, -0.05) is 22.4 Å². The molecule has 0 spiro atoms. The minimum absolute atomic E-state index is 0.0875. The Kier molecular flexibility index (Phi) is 4.59. The molecule has 0 heterocycles. The van der Waals surface area contributed by atoms with E-state index in [1.165, 1.54) is 25.3 Å². The highest BCUT2D eigenvalue weighted by Crippen LogP contribution is 2.29. The van der Waals surface area contributed by atoms with Crippen molar-refractivity contribution in [1.82, 2.24) is 5.32 Å². The third-order valence-electron chi connectivity index (χ3n) is 3.39. The normalized spacial score (nSPS) is 21.5. The zero-order valence-electron chi connectivity index (χ0n) is 11.0. The number of carbonyl (C=O) groups excluding carboxylic acids is 1. The number of ether oxygens (including phenoxy) is 1. The molecule has 1 aliphatic carbocycles. The van der Waals surface area contributed by atoms with Gasteiger partial charge in [0.1, 0.15) is 0 Å². The maximum Gasteiger partial charge on any atom is 0.310 e. The van der Waals surface area contributed by atoms with Crippen molar-refractivity contribution < 1.29 is 14.5 Å². The molecule has 1 saturated carbocycles. The van der Waals surface area contributed by atoms with Gasteiger partial charge in [0, 0.05) is 28.6 Å². The molecule has 108 valence electrons. The van der Waals surface area contributed by atoms with Crippen LogP contribution in [0.25, 0.3) is 0 Å². The van der Waals surface area contributed by atoms with Crippen molar-refractivity contribution >= 4 is 27.5 Å². The number of benzene rings is 1. The summed E-state index contributed by atoms with van der Waals surface area (Å²) in [4.78, 5) is 22.7. The first kappa shape index (κ1) is 14.8. The second-order valence-electron chi connectivity index (χ2n) is 4.67. The van der Waals surface area contributed by atoms with Gasteiger partial charge in [-0.05, 0) is 18.9 Å². The van der Waals surface area contributed by atoms with Crippen molar-refractivity contribution in [3.05, 3.63) is 33.9 Å². The number of carbonyl (C=O) groups is 1. The van der Waals surface area contributed by atoms with E-state index in [2.05, 4.69) is 21.2 Å². The molecule has 0 saturated heterocycles. The SMILES string of the molecule is COc1cc(C(=O)NC2CCCC2Br)ccc1[N+](=O)[O-]. The number of rotatable bonds is 4. The summed E-state index contributed by atoms with van der Waals surface area (Å²) in [5.41, 5.74) is 0.210. The van der Waals surface area contributed by atoms with E-state index in [4.69, 9.17) is 4.74 Å². The first-order valence-corrected chi connectivity index (χ1v) is 7.22. The Labute approximate surface area is 124 Å². The summed E-state index contributed by atoms with van der Waals surface area (Å²) in [6, 6.07) is 4.22. The molecule has 0 radical (unpaired) electrons. The van der Waals surface area contributed by atoms with Gasteiger partial charge in [0.05, 0.1) is 12.0 Å². The van der Waals surface area contributed by atoms with Crippen LogP contribution in [-0.4, -0.2) is 28.8 Å². The third kappa shape index (κ3) is 3.09. The van der Waals surface area contributed by atoms with Crippen molar-refractivity contribution in [3.63, 3.8) is 0 Å². The van der Waals surface area contributed by atoms with Crippen LogP contribution in [0.5, 0.6) is 5.75 Å². The molecule has 0 aliphatic heterocycles. The van der Waals surface area contributed by atoms with Crippen LogP contribution in [-0.2, 0) is 0 Å². The highest BCUT2D eigenvalue weighted by molar-refractivity contribution is 9.09. The maximum atomic E-state index is 12.1. The summed E-state index contributed by atoms with van der Waals surface area (Å²) < 4.78 is 4.96. The van der Waals surface area contributed by atoms with E-state index in [1.807, 2.05) is 0 Å². The molecule has 1 aliphatic rings. The summed E-state index contributed by atoms with van der Waals surface area (Å²) in [6.07, 6.45) is 3.05. The van der Waals surface area contributed by atoms with E-state index in [-0.39, 0.29) is 28.2 Å². The van der Waals surface area contributed by atoms with Gasteiger partial charge in [-0.15, -0.1) is 0 Å². The minimum Gasteiger partial charge on any atom is -0.490 e. The number of nitrogens with zero attached hydrogens (tertiary/aromatic N) is 1. The maximum absolute atomic E-state index is 12.1. The first-order chi connectivity index (χ1) is 9.52. The summed E-state index contributed by atoms with van der Waals surface area (Å²) in [5.74, 6) is -0.154. The topological polar surface area (TPSA) is 81.5 Å². The Bertz CT molecular complexity index is 535. The van der Waals surface area contributed by atoms with Crippen LogP contribution in [0.15, 0.2) is 18.2 Å². The van der Waals surface area contributed by atoms with Gasteiger partial charge in [-0.2, -0.15) is 0 Å². The molecular weight excluding hydrogens is 328 g/mol. The van der Waals surface area contributed by atoms with Crippen molar-refractivity contribution in [2.45, 2.75) is 30.1 Å². The van der Waals surface area contributed by atoms with Crippen molar-refractivity contribution in [3.8, 4) is 5.75 Å². The highest BCUT2D eigenvalue weighted by Gasteiger charge is 2.27. The van der Waals surface area contributed by atoms with Gasteiger partial charge in [-0.3, -0.25) is 14.9 Å². The highest BCUT2D eigenvalue weighted by atomic mass is 79.9. The largest absolute Gasteiger partial charge is 0.490 e. The molecule has 2 unspecified atom stereocenters. The Balaban J connectivity index is 2.16. The molecule has 20 heavy (non-hydrogen) atoms. The predicted octanol–water partition coefficient (Wildman–Crippen LogP) is 2.65. The lowest BCUT2D eigenvalue weighted by atomic mass is 10.1. The predicted molar refractivity (Wildman–Crippen MR) is 77.5 cm³/mol. The number of nitro benzene ring substituents is 1. The number of alkyl halides is 1. The number of amides is 1. The van der Waals surface area contributed by atoms with Gasteiger partial charge < -0.3 is 10.1 Å². The van der Waals surface area contributed by atoms with Crippen LogP contribution in [0.4, 0.5) is 5.69 Å². The number of halogens is 1. The van der Waals surface area contributed by atoms with Crippen LogP contribution in [0, 0.1) is 10.1 Å². The van der Waals surface area contributed by atoms with E-state index in [0.717, 1.165) is 19.3 Å². The van der Waals surface area contributed by atoms with E-state index in [1.54, 1.807) is 0 Å². The summed E-state index contributed by atoms with van der Waals surface area (Å²) in [6.45, 7) is 0. The number of hydrogen-bond donors (Lipinski definition) is 1. The second kappa shape index (κ2) is 6.21. The molecule has 1 aromatic rings. The van der Waals surface area contributed by atoms with Crippen molar-refractivity contribution in [1.29, 1.82) is 0 Å². The smallest absolute Gasteiger partial charge is 0.310 e. The monoisotopic (exact) mass is 342 g/mol. The average molecular weight is 343 g/mol. The van der Waals surface area contributed by atoms with E-state index >= 15 is 0 Å². The fourth-order valence-corrected chi connectivity index (χ4v) is 3.02. The molecule has 6 nitrogen and oxygen atoms in total. The lowest BCUT2D eigenvalue weighted by molar-refractivity contribution is -0.385. The quantitative estimate of drug-likeness (QED) is 0.518. The number of hydrogen-bond acceptors (Lipinski definition) is 4. The lowest BCUT2D eigenvalue weighted by Gasteiger charge is -2.16. The molecule has 1 amide bonds. The van der Waals surface area contributed by atoms with Gasteiger partial charge >= 0.3 is 5.69 Å². The zero-order chi connectivity index (χ0) is 14.7. The number of nitro groups is 1. The molecule has 7 heteroatoms. The number of methoxy groups -OCH3 is 1. The Hall–Kier alpha value is -1.63. The Morgan fingerprint density at radius 1 is 1.50 bits per heavy atom. The zero-order valence-corrected chi connectivity index (χ0v) is 12.6. The van der Waals surface area contributed by atoms with Crippen LogP contribution < -0.4 is 10.1 Å². The van der Waals surface area contributed by atoms with Crippen LogP contribution >= 0.6 is 15.9 Å². The lowest BCUT2D eigenvalue weighted by Crippen LogP contribution is -2.37. The summed E-state index contributed by atoms with van der Waals surface area (Å²) >= 11 is 3.54. The van der Waals surface area contributed by atoms with Gasteiger partial charge in [0.2, 0.25) is 0 Å². The summed E-state index contributed by atoms with van der Waals surface area (Å²) in [5, 5.41) is 13.7. The fourth-order valence-electron chi connectivity index (χ4n) is 2.30. The van der Waals surface area contributed by atoms with E-state index < -0.39 is 4.92 Å². The molecule has 1 fully saturated rings. The van der Waals surface area contributed by atoms with Crippen molar-refractivity contribution in [2.24, 2.45) is 0 Å². The van der Waals surface area contributed by atoms with Gasteiger partial charge in [0.15, 0.2) is 5.75 Å². The van der Waals surface area contributed by atoms with Crippen LogP contribution in [0.3, 0.4) is 0 Å². The molecular formula is C13H15BrN2O4. The Morgan fingerprint density at radius 3 is 2.80 bits per heavy atom. The molecule has 2 atom stereocenters. The molecule has 0 bridgehead atoms. The van der Waals surface area contributed by atoms with Gasteiger partial charge in [0.25, 0.3) is 5.91 Å². The molecule has 0 aromatic heterocycles. The first-order valence-electron chi connectivity index (χ1n) is 6.30. The molecule has 1 N–H and O–H groups in total. The molecule has 2 rings (SSSR count). The summed E-state index contributed by atoms with van der Waals surface area (Å²) in [7, 11) is 1.34. The second-order valence-corrected chi connectivity index (χ2v) is 5.85. The fraction of sp³-hybridized carbons (Fsp3) is 0.462. The molecule has 1 aromatic carbocycles. The minimum atomic E-state index is -0.536. The number of nitrogens with one attached hydrogen (secondary N) is 1. The van der Waals surface area contributed by atoms with Crippen LogP contribution in [0.2, 0.25) is 0 Å². The average Bonchev–Trinajstić information content (AvgIpc) is 2.83. The standard InChI is InChI=1S/C13H15BrN2O4/c1-20-12-7-8(5-6-11(12)16(18)19)13(17)15-10-4-2-3-9(10)14/h5-7,9-10H,2-4H2,1H3,(H,15,17). The Morgan fingerprint density at radius 2 is 2.25 bits per heavy atom. The van der Waals surface area contributed by atoms with E-state index in [0.29, 0.717) is 5.56 Å². The van der Waals surface area contributed by atoms with E-state index in [9.17, 15) is 14.9 Å². The van der Waals surface area contributed by atoms with Gasteiger partial charge in [-0.25, -0.2) is 0 Å².